The number of carbonyl (C=O) groups excluding carboxylic acids is 1. The monoisotopic (exact) mass is 479 g/mol. The van der Waals surface area contributed by atoms with Crippen LogP contribution >= 0.6 is 22.7 Å². The van der Waals surface area contributed by atoms with Gasteiger partial charge in [0.15, 0.2) is 0 Å². The number of aromatic nitrogens is 1. The molecule has 166 valence electrons. The summed E-state index contributed by atoms with van der Waals surface area (Å²) >= 11 is 3.09. The molecule has 0 saturated heterocycles. The molecule has 0 radical (unpaired) electrons. The Hall–Kier alpha value is -2.27. The molecule has 3 aromatic rings. The Bertz CT molecular complexity index is 1120. The van der Waals surface area contributed by atoms with Crippen LogP contribution in [0.25, 0.3) is 9.88 Å². The first-order valence-electron chi connectivity index (χ1n) is 9.94. The molecule has 0 bridgehead atoms. The van der Waals surface area contributed by atoms with Crippen molar-refractivity contribution in [2.24, 2.45) is 0 Å². The molecule has 1 aromatic carbocycles. The second kappa shape index (κ2) is 10.4. The summed E-state index contributed by atoms with van der Waals surface area (Å²) in [6.07, 6.45) is 0.0838. The number of benzene rings is 1. The van der Waals surface area contributed by atoms with Crippen LogP contribution in [0, 0.1) is 0 Å². The predicted octanol–water partition coefficient (Wildman–Crippen LogP) is 4.48. The average molecular weight is 480 g/mol. The zero-order valence-electron chi connectivity index (χ0n) is 17.6. The van der Waals surface area contributed by atoms with Crippen LogP contribution in [0.2, 0.25) is 0 Å². The van der Waals surface area contributed by atoms with E-state index in [1.54, 1.807) is 31.3 Å². The standard InChI is InChI=1S/C21H25N3O4S3/c1-4-24(5-2)31(26,27)16-9-10-18(28-6-3)17(13-16)23-20(25)12-15-14-30-21(22-15)19-8-7-11-29-19/h7-11,13-14H,4-6,12H2,1-3H3,(H,23,25). The number of hydrogen-bond acceptors (Lipinski definition) is 7. The predicted molar refractivity (Wildman–Crippen MR) is 125 cm³/mol. The molecule has 0 spiro atoms. The van der Waals surface area contributed by atoms with Crippen molar-refractivity contribution in [1.82, 2.24) is 9.29 Å². The number of thiophene rings is 1. The van der Waals surface area contributed by atoms with Crippen LogP contribution in [0.1, 0.15) is 26.5 Å². The van der Waals surface area contributed by atoms with Gasteiger partial charge in [-0.15, -0.1) is 22.7 Å². The normalized spacial score (nSPS) is 11.6. The van der Waals surface area contributed by atoms with Gasteiger partial charge < -0.3 is 10.1 Å². The van der Waals surface area contributed by atoms with E-state index in [1.807, 2.05) is 29.8 Å². The lowest BCUT2D eigenvalue weighted by Gasteiger charge is -2.20. The van der Waals surface area contributed by atoms with Crippen LogP contribution in [0.4, 0.5) is 5.69 Å². The van der Waals surface area contributed by atoms with E-state index in [0.29, 0.717) is 36.8 Å². The van der Waals surface area contributed by atoms with Crippen molar-refractivity contribution in [3.63, 3.8) is 0 Å². The number of amides is 1. The zero-order valence-corrected chi connectivity index (χ0v) is 20.1. The number of carbonyl (C=O) groups is 1. The van der Waals surface area contributed by atoms with Crippen molar-refractivity contribution in [2.45, 2.75) is 32.1 Å². The molecule has 31 heavy (non-hydrogen) atoms. The fourth-order valence-electron chi connectivity index (χ4n) is 3.02. The molecule has 2 aromatic heterocycles. The van der Waals surface area contributed by atoms with Gasteiger partial charge in [0.25, 0.3) is 0 Å². The van der Waals surface area contributed by atoms with E-state index in [-0.39, 0.29) is 17.2 Å². The van der Waals surface area contributed by atoms with Crippen molar-refractivity contribution in [3.05, 3.63) is 46.8 Å². The highest BCUT2D eigenvalue weighted by molar-refractivity contribution is 7.89. The Morgan fingerprint density at radius 3 is 2.58 bits per heavy atom. The van der Waals surface area contributed by atoms with Crippen molar-refractivity contribution in [1.29, 1.82) is 0 Å². The molecule has 2 heterocycles. The SMILES string of the molecule is CCOc1ccc(S(=O)(=O)N(CC)CC)cc1NC(=O)Cc1csc(-c2cccs2)n1. The summed E-state index contributed by atoms with van der Waals surface area (Å²) in [5.41, 5.74) is 0.990. The van der Waals surface area contributed by atoms with E-state index in [2.05, 4.69) is 10.3 Å². The summed E-state index contributed by atoms with van der Waals surface area (Å²) in [6, 6.07) is 8.48. The van der Waals surface area contributed by atoms with Crippen molar-refractivity contribution in [2.75, 3.05) is 25.0 Å². The highest BCUT2D eigenvalue weighted by Crippen LogP contribution is 2.30. The third kappa shape index (κ3) is 5.51. The van der Waals surface area contributed by atoms with Crippen molar-refractivity contribution >= 4 is 44.3 Å². The minimum absolute atomic E-state index is 0.0838. The van der Waals surface area contributed by atoms with Gasteiger partial charge in [-0.1, -0.05) is 19.9 Å². The van der Waals surface area contributed by atoms with Crippen LogP contribution in [0.3, 0.4) is 0 Å². The topological polar surface area (TPSA) is 88.6 Å². The van der Waals surface area contributed by atoms with Crippen LogP contribution in [0.5, 0.6) is 5.75 Å². The number of rotatable bonds is 10. The van der Waals surface area contributed by atoms with Gasteiger partial charge in [0.05, 0.1) is 34.2 Å². The second-order valence-corrected chi connectivity index (χ2v) is 10.3. The lowest BCUT2D eigenvalue weighted by Crippen LogP contribution is -2.30. The molecule has 0 atom stereocenters. The third-order valence-corrected chi connectivity index (χ3v) is 8.47. The number of nitrogens with one attached hydrogen (secondary N) is 1. The first kappa shape index (κ1) is 23.4. The maximum Gasteiger partial charge on any atom is 0.243 e. The first-order valence-corrected chi connectivity index (χ1v) is 13.1. The molecule has 0 aliphatic heterocycles. The van der Waals surface area contributed by atoms with Crippen molar-refractivity contribution in [3.8, 4) is 15.6 Å². The molecule has 1 N–H and O–H groups in total. The van der Waals surface area contributed by atoms with Gasteiger partial charge in [-0.3, -0.25) is 4.79 Å². The molecule has 0 aliphatic rings. The Morgan fingerprint density at radius 1 is 1.16 bits per heavy atom. The highest BCUT2D eigenvalue weighted by Gasteiger charge is 2.23. The smallest absolute Gasteiger partial charge is 0.243 e. The summed E-state index contributed by atoms with van der Waals surface area (Å²) in [7, 11) is -3.65. The lowest BCUT2D eigenvalue weighted by molar-refractivity contribution is -0.115. The number of anilines is 1. The third-order valence-electron chi connectivity index (χ3n) is 4.49. The molecule has 10 heteroatoms. The maximum absolute atomic E-state index is 12.9. The van der Waals surface area contributed by atoms with Gasteiger partial charge in [-0.25, -0.2) is 13.4 Å². The summed E-state index contributed by atoms with van der Waals surface area (Å²) < 4.78 is 32.7. The van der Waals surface area contributed by atoms with Crippen LogP contribution in [-0.2, 0) is 21.2 Å². The van der Waals surface area contributed by atoms with Gasteiger partial charge in [0, 0.05) is 18.5 Å². The molecular weight excluding hydrogens is 454 g/mol. The fourth-order valence-corrected chi connectivity index (χ4v) is 6.14. The number of ether oxygens (including phenoxy) is 1. The second-order valence-electron chi connectivity index (χ2n) is 6.53. The number of thiazole rings is 1. The summed E-state index contributed by atoms with van der Waals surface area (Å²) in [4.78, 5) is 18.4. The fraction of sp³-hybridized carbons (Fsp3) is 0.333. The Balaban J connectivity index is 1.81. The minimum atomic E-state index is -3.65. The number of hydrogen-bond donors (Lipinski definition) is 1. The van der Waals surface area contributed by atoms with E-state index < -0.39 is 10.0 Å². The van der Waals surface area contributed by atoms with Crippen molar-refractivity contribution < 1.29 is 17.9 Å². The molecule has 1 amide bonds. The number of sulfonamides is 1. The van der Waals surface area contributed by atoms with E-state index in [4.69, 9.17) is 4.74 Å². The van der Waals surface area contributed by atoms with Gasteiger partial charge in [0.2, 0.25) is 15.9 Å². The van der Waals surface area contributed by atoms with E-state index in [1.165, 1.54) is 27.8 Å². The summed E-state index contributed by atoms with van der Waals surface area (Å²) in [6.45, 7) is 6.52. The molecule has 0 aliphatic carbocycles. The quantitative estimate of drug-likeness (QED) is 0.463. The Morgan fingerprint density at radius 2 is 1.94 bits per heavy atom. The minimum Gasteiger partial charge on any atom is -0.492 e. The maximum atomic E-state index is 12.9. The molecule has 0 saturated carbocycles. The summed E-state index contributed by atoms with van der Waals surface area (Å²) in [5, 5.41) is 7.51. The number of nitrogens with zero attached hydrogens (tertiary/aromatic N) is 2. The molecular formula is C21H25N3O4S3. The molecule has 0 unspecified atom stereocenters. The van der Waals surface area contributed by atoms with Gasteiger partial charge >= 0.3 is 0 Å². The van der Waals surface area contributed by atoms with E-state index in [9.17, 15) is 13.2 Å². The summed E-state index contributed by atoms with van der Waals surface area (Å²) in [5.74, 6) is 0.133. The van der Waals surface area contributed by atoms with Gasteiger partial charge in [-0.2, -0.15) is 4.31 Å². The molecule has 3 rings (SSSR count). The van der Waals surface area contributed by atoms with Gasteiger partial charge in [-0.05, 0) is 36.6 Å². The zero-order chi connectivity index (χ0) is 22.4. The van der Waals surface area contributed by atoms with Crippen LogP contribution < -0.4 is 10.1 Å². The van der Waals surface area contributed by atoms with Crippen LogP contribution in [0.15, 0.2) is 46.0 Å². The first-order chi connectivity index (χ1) is 14.9. The molecule has 7 nitrogen and oxygen atoms in total. The molecule has 0 fully saturated rings. The highest BCUT2D eigenvalue weighted by atomic mass is 32.2. The lowest BCUT2D eigenvalue weighted by atomic mass is 10.2. The Kier molecular flexibility index (Phi) is 7.82. The van der Waals surface area contributed by atoms with Gasteiger partial charge in [0.1, 0.15) is 10.8 Å². The largest absolute Gasteiger partial charge is 0.492 e. The van der Waals surface area contributed by atoms with Crippen LogP contribution in [-0.4, -0.2) is 43.3 Å². The Labute approximate surface area is 190 Å². The van der Waals surface area contributed by atoms with E-state index >= 15 is 0 Å². The van der Waals surface area contributed by atoms with E-state index in [0.717, 1.165) is 9.88 Å². The average Bonchev–Trinajstić information content (AvgIpc) is 3.42.